The number of aliphatic hydroxyl groups is 1. The second-order valence-corrected chi connectivity index (χ2v) is 7.22. The van der Waals surface area contributed by atoms with Gasteiger partial charge in [-0.25, -0.2) is 8.42 Å². The third-order valence-corrected chi connectivity index (χ3v) is 5.26. The molecule has 1 rings (SSSR count). The van der Waals surface area contributed by atoms with Gasteiger partial charge in [0.1, 0.15) is 9.84 Å². The molecule has 0 bridgehead atoms. The van der Waals surface area contributed by atoms with Crippen LogP contribution in [0.5, 0.6) is 0 Å². The minimum atomic E-state index is -2.96. The second-order valence-electron chi connectivity index (χ2n) is 4.37. The number of halogens is 1. The van der Waals surface area contributed by atoms with Crippen molar-refractivity contribution in [3.05, 3.63) is 34.3 Å². The van der Waals surface area contributed by atoms with Crippen molar-refractivity contribution in [2.24, 2.45) is 0 Å². The van der Waals surface area contributed by atoms with Crippen LogP contribution in [0.25, 0.3) is 0 Å². The lowest BCUT2D eigenvalue weighted by atomic mass is 10.0. The lowest BCUT2D eigenvalue weighted by molar-refractivity contribution is 0.167. The van der Waals surface area contributed by atoms with E-state index in [1.54, 1.807) is 13.0 Å². The Morgan fingerprint density at radius 2 is 2.06 bits per heavy atom. The quantitative estimate of drug-likeness (QED) is 0.876. The number of aryl methyl sites for hydroxylation is 1. The summed E-state index contributed by atoms with van der Waals surface area (Å²) in [6.07, 6.45) is 0.147. The molecule has 1 aromatic carbocycles. The number of sulfone groups is 1. The Morgan fingerprint density at radius 1 is 1.39 bits per heavy atom. The van der Waals surface area contributed by atoms with Gasteiger partial charge in [-0.2, -0.15) is 0 Å². The molecule has 1 atom stereocenters. The first-order valence-electron chi connectivity index (χ1n) is 6.01. The summed E-state index contributed by atoms with van der Waals surface area (Å²) in [4.78, 5) is 0. The molecule has 18 heavy (non-hydrogen) atoms. The van der Waals surface area contributed by atoms with E-state index < -0.39 is 15.9 Å². The summed E-state index contributed by atoms with van der Waals surface area (Å²) in [5.41, 5.74) is 1.58. The fraction of sp³-hybridized carbons (Fsp3) is 0.538. The van der Waals surface area contributed by atoms with Gasteiger partial charge in [-0.3, -0.25) is 0 Å². The van der Waals surface area contributed by atoms with Gasteiger partial charge in [-0.05, 0) is 30.9 Å². The second kappa shape index (κ2) is 6.55. The molecular formula is C13H19ClO3S. The van der Waals surface area contributed by atoms with Crippen molar-refractivity contribution in [2.45, 2.75) is 32.8 Å². The van der Waals surface area contributed by atoms with Gasteiger partial charge in [-0.1, -0.05) is 36.7 Å². The third kappa shape index (κ3) is 4.26. The van der Waals surface area contributed by atoms with Crippen LogP contribution in [0.1, 0.15) is 37.0 Å². The largest absolute Gasteiger partial charge is 0.388 e. The summed E-state index contributed by atoms with van der Waals surface area (Å²) in [6.45, 7) is 3.50. The van der Waals surface area contributed by atoms with E-state index >= 15 is 0 Å². The molecule has 0 aliphatic heterocycles. The van der Waals surface area contributed by atoms with Gasteiger partial charge >= 0.3 is 0 Å². The molecule has 0 saturated heterocycles. The summed E-state index contributed by atoms with van der Waals surface area (Å²) >= 11 is 6.11. The van der Waals surface area contributed by atoms with Gasteiger partial charge in [0.05, 0.1) is 11.9 Å². The van der Waals surface area contributed by atoms with Crippen molar-refractivity contribution in [2.75, 3.05) is 11.5 Å². The molecule has 1 unspecified atom stereocenters. The Labute approximate surface area is 114 Å². The van der Waals surface area contributed by atoms with Crippen molar-refractivity contribution >= 4 is 21.4 Å². The van der Waals surface area contributed by atoms with Gasteiger partial charge in [0.2, 0.25) is 0 Å². The van der Waals surface area contributed by atoms with Crippen LogP contribution in [0.4, 0.5) is 0 Å². The van der Waals surface area contributed by atoms with E-state index in [1.807, 2.05) is 19.1 Å². The normalized spacial score (nSPS) is 13.6. The zero-order valence-corrected chi connectivity index (χ0v) is 12.3. The Morgan fingerprint density at radius 3 is 2.67 bits per heavy atom. The van der Waals surface area contributed by atoms with Crippen molar-refractivity contribution in [1.82, 2.24) is 0 Å². The maximum atomic E-state index is 11.3. The SMILES string of the molecule is CCS(=O)(=O)CCCC(O)c1cccc(C)c1Cl. The van der Waals surface area contributed by atoms with Crippen molar-refractivity contribution in [1.29, 1.82) is 0 Å². The van der Waals surface area contributed by atoms with Crippen LogP contribution in [-0.2, 0) is 9.84 Å². The molecule has 0 amide bonds. The smallest absolute Gasteiger partial charge is 0.150 e. The van der Waals surface area contributed by atoms with Crippen LogP contribution in [0, 0.1) is 6.92 Å². The van der Waals surface area contributed by atoms with Gasteiger partial charge < -0.3 is 5.11 Å². The predicted octanol–water partition coefficient (Wildman–Crippen LogP) is 2.90. The van der Waals surface area contributed by atoms with Crippen molar-refractivity contribution in [3.8, 4) is 0 Å². The van der Waals surface area contributed by atoms with Gasteiger partial charge in [-0.15, -0.1) is 0 Å². The highest BCUT2D eigenvalue weighted by Crippen LogP contribution is 2.28. The Balaban J connectivity index is 2.61. The van der Waals surface area contributed by atoms with E-state index in [1.165, 1.54) is 0 Å². The summed E-state index contributed by atoms with van der Waals surface area (Å²) in [5, 5.41) is 10.6. The van der Waals surface area contributed by atoms with E-state index in [9.17, 15) is 13.5 Å². The van der Waals surface area contributed by atoms with Gasteiger partial charge in [0.15, 0.2) is 0 Å². The van der Waals surface area contributed by atoms with Crippen molar-refractivity contribution < 1.29 is 13.5 Å². The highest BCUT2D eigenvalue weighted by Gasteiger charge is 2.14. The third-order valence-electron chi connectivity index (χ3n) is 2.95. The van der Waals surface area contributed by atoms with Gasteiger partial charge in [0.25, 0.3) is 0 Å². The molecule has 1 aromatic rings. The molecule has 0 fully saturated rings. The maximum absolute atomic E-state index is 11.3. The molecule has 3 nitrogen and oxygen atoms in total. The average molecular weight is 291 g/mol. The van der Waals surface area contributed by atoms with Gasteiger partial charge in [0, 0.05) is 10.8 Å². The molecule has 1 N–H and O–H groups in total. The topological polar surface area (TPSA) is 54.4 Å². The Kier molecular flexibility index (Phi) is 5.63. The van der Waals surface area contributed by atoms with Crippen LogP contribution < -0.4 is 0 Å². The Hall–Kier alpha value is -0.580. The minimum absolute atomic E-state index is 0.115. The summed E-state index contributed by atoms with van der Waals surface area (Å²) in [5.74, 6) is 0.262. The lowest BCUT2D eigenvalue weighted by Crippen LogP contribution is -2.10. The number of rotatable bonds is 6. The molecule has 5 heteroatoms. The van der Waals surface area contributed by atoms with E-state index in [2.05, 4.69) is 0 Å². The fourth-order valence-electron chi connectivity index (χ4n) is 1.72. The molecule has 0 aliphatic carbocycles. The molecule has 0 aromatic heterocycles. The van der Waals surface area contributed by atoms with E-state index in [4.69, 9.17) is 11.6 Å². The first kappa shape index (κ1) is 15.5. The van der Waals surface area contributed by atoms with Crippen LogP contribution in [-0.4, -0.2) is 25.0 Å². The molecule has 0 aliphatic rings. The predicted molar refractivity (Wildman–Crippen MR) is 74.7 cm³/mol. The standard InChI is InChI=1S/C13H19ClO3S/c1-3-18(16,17)9-5-8-12(15)11-7-4-6-10(2)13(11)14/h4,6-7,12,15H,3,5,8-9H2,1-2H3. The van der Waals surface area contributed by atoms with Crippen molar-refractivity contribution in [3.63, 3.8) is 0 Å². The monoisotopic (exact) mass is 290 g/mol. The zero-order chi connectivity index (χ0) is 13.8. The van der Waals surface area contributed by atoms with Crippen LogP contribution in [0.3, 0.4) is 0 Å². The first-order valence-corrected chi connectivity index (χ1v) is 8.21. The minimum Gasteiger partial charge on any atom is -0.388 e. The molecule has 0 heterocycles. The number of hydrogen-bond donors (Lipinski definition) is 1. The summed E-state index contributed by atoms with van der Waals surface area (Å²) < 4.78 is 22.7. The molecule has 0 spiro atoms. The molecular weight excluding hydrogens is 272 g/mol. The number of aliphatic hydroxyl groups excluding tert-OH is 1. The van der Waals surface area contributed by atoms with Crippen LogP contribution >= 0.6 is 11.6 Å². The summed E-state index contributed by atoms with van der Waals surface area (Å²) in [6, 6.07) is 5.48. The van der Waals surface area contributed by atoms with Crippen LogP contribution in [0.15, 0.2) is 18.2 Å². The van der Waals surface area contributed by atoms with E-state index in [0.29, 0.717) is 23.4 Å². The zero-order valence-electron chi connectivity index (χ0n) is 10.7. The van der Waals surface area contributed by atoms with Crippen LogP contribution in [0.2, 0.25) is 5.02 Å². The number of benzene rings is 1. The van der Waals surface area contributed by atoms with E-state index in [0.717, 1.165) is 5.56 Å². The molecule has 0 saturated carbocycles. The number of hydrogen-bond acceptors (Lipinski definition) is 3. The highest BCUT2D eigenvalue weighted by molar-refractivity contribution is 7.91. The van der Waals surface area contributed by atoms with E-state index in [-0.39, 0.29) is 11.5 Å². The first-order chi connectivity index (χ1) is 8.37. The highest BCUT2D eigenvalue weighted by atomic mass is 35.5. The lowest BCUT2D eigenvalue weighted by Gasteiger charge is -2.13. The molecule has 102 valence electrons. The maximum Gasteiger partial charge on any atom is 0.150 e. The summed E-state index contributed by atoms with van der Waals surface area (Å²) in [7, 11) is -2.96. The Bertz CT molecular complexity index is 497. The molecule has 0 radical (unpaired) electrons. The average Bonchev–Trinajstić information content (AvgIpc) is 2.32. The fourth-order valence-corrected chi connectivity index (χ4v) is 2.87.